The highest BCUT2D eigenvalue weighted by molar-refractivity contribution is 6.05. The van der Waals surface area contributed by atoms with E-state index in [-0.39, 0.29) is 5.56 Å². The Morgan fingerprint density at radius 1 is 1.47 bits per heavy atom. The van der Waals surface area contributed by atoms with E-state index in [4.69, 9.17) is 5.11 Å². The molecule has 0 amide bonds. The molecule has 0 unspecified atom stereocenters. The molecule has 0 atom stereocenters. The third kappa shape index (κ3) is 1.84. The molecule has 0 aliphatic rings. The smallest absolute Gasteiger partial charge is 0.337 e. The van der Waals surface area contributed by atoms with Crippen LogP contribution in [0.25, 0.3) is 10.9 Å². The number of anilines is 1. The average molecular weight is 233 g/mol. The van der Waals surface area contributed by atoms with Gasteiger partial charge < -0.3 is 10.0 Å². The highest BCUT2D eigenvalue weighted by Gasteiger charge is 2.15. The molecule has 0 saturated carbocycles. The largest absolute Gasteiger partial charge is 0.478 e. The summed E-state index contributed by atoms with van der Waals surface area (Å²) >= 11 is 0. The lowest BCUT2D eigenvalue weighted by molar-refractivity contribution is 0.0699. The maximum atomic E-state index is 11.1. The molecule has 5 nitrogen and oxygen atoms in total. The van der Waals surface area contributed by atoms with E-state index in [9.17, 15) is 4.79 Å². The summed E-state index contributed by atoms with van der Waals surface area (Å²) in [5, 5.41) is 14.3. The molecule has 0 spiro atoms. The number of aromatic nitrogens is 2. The van der Waals surface area contributed by atoms with Crippen molar-refractivity contribution in [1.29, 1.82) is 0 Å². The number of benzene rings is 1. The van der Waals surface area contributed by atoms with Gasteiger partial charge in [0.15, 0.2) is 0 Å². The molecule has 1 heterocycles. The van der Waals surface area contributed by atoms with Gasteiger partial charge in [-0.2, -0.15) is 5.10 Å². The zero-order valence-corrected chi connectivity index (χ0v) is 10.1. The first kappa shape index (κ1) is 11.4. The predicted octanol–water partition coefficient (Wildman–Crippen LogP) is 1.82. The van der Waals surface area contributed by atoms with Gasteiger partial charge >= 0.3 is 5.97 Å². The molecule has 0 radical (unpaired) electrons. The van der Waals surface area contributed by atoms with Gasteiger partial charge in [0, 0.05) is 37.9 Å². The zero-order valence-electron chi connectivity index (χ0n) is 10.1. The van der Waals surface area contributed by atoms with E-state index < -0.39 is 5.97 Å². The number of fused-ring (bicyclic) bond motifs is 1. The summed E-state index contributed by atoms with van der Waals surface area (Å²) in [5.41, 5.74) is 1.77. The van der Waals surface area contributed by atoms with Crippen LogP contribution in [0.2, 0.25) is 0 Å². The van der Waals surface area contributed by atoms with Crippen LogP contribution >= 0.6 is 0 Å². The fourth-order valence-electron chi connectivity index (χ4n) is 1.86. The fraction of sp³-hybridized carbons (Fsp3) is 0.333. The molecule has 0 fully saturated rings. The number of aryl methyl sites for hydroxylation is 1. The number of rotatable bonds is 3. The first-order valence-electron chi connectivity index (χ1n) is 5.45. The van der Waals surface area contributed by atoms with E-state index in [2.05, 4.69) is 5.10 Å². The summed E-state index contributed by atoms with van der Waals surface area (Å²) in [6.45, 7) is 2.70. The SMILES string of the molecule is CCn1cc2c(N(C)C)ccc(C(=O)O)c2n1. The molecule has 0 bridgehead atoms. The van der Waals surface area contributed by atoms with Crippen LogP contribution in [-0.4, -0.2) is 35.0 Å². The number of hydrogen-bond acceptors (Lipinski definition) is 3. The van der Waals surface area contributed by atoms with Crippen molar-refractivity contribution in [3.63, 3.8) is 0 Å². The quantitative estimate of drug-likeness (QED) is 0.878. The van der Waals surface area contributed by atoms with Crippen LogP contribution in [0, 0.1) is 0 Å². The van der Waals surface area contributed by atoms with E-state index in [0.29, 0.717) is 5.52 Å². The molecule has 2 aromatic rings. The van der Waals surface area contributed by atoms with Crippen molar-refractivity contribution >= 4 is 22.6 Å². The number of carboxylic acids is 1. The first-order chi connectivity index (χ1) is 8.04. The van der Waals surface area contributed by atoms with Crippen LogP contribution < -0.4 is 4.90 Å². The van der Waals surface area contributed by atoms with Crippen LogP contribution in [0.1, 0.15) is 17.3 Å². The minimum absolute atomic E-state index is 0.248. The maximum absolute atomic E-state index is 11.1. The lowest BCUT2D eigenvalue weighted by Gasteiger charge is -2.13. The number of nitrogens with zero attached hydrogens (tertiary/aromatic N) is 3. The topological polar surface area (TPSA) is 58.4 Å². The predicted molar refractivity (Wildman–Crippen MR) is 66.7 cm³/mol. The Hall–Kier alpha value is -2.04. The van der Waals surface area contributed by atoms with Crippen molar-refractivity contribution in [1.82, 2.24) is 9.78 Å². The summed E-state index contributed by atoms with van der Waals surface area (Å²) in [6, 6.07) is 3.42. The highest BCUT2D eigenvalue weighted by Crippen LogP contribution is 2.27. The number of hydrogen-bond donors (Lipinski definition) is 1. The molecule has 5 heteroatoms. The molecule has 0 saturated heterocycles. The molecule has 0 aliphatic heterocycles. The van der Waals surface area contributed by atoms with Gasteiger partial charge in [0.1, 0.15) is 5.52 Å². The van der Waals surface area contributed by atoms with Gasteiger partial charge in [-0.3, -0.25) is 4.68 Å². The van der Waals surface area contributed by atoms with Crippen LogP contribution in [0.4, 0.5) is 5.69 Å². The standard InChI is InChI=1S/C12H15N3O2/c1-4-15-7-9-10(14(2)3)6-5-8(12(16)17)11(9)13-15/h5-7H,4H2,1-3H3,(H,16,17). The molecular weight excluding hydrogens is 218 g/mol. The molecular formula is C12H15N3O2. The summed E-state index contributed by atoms with van der Waals surface area (Å²) in [7, 11) is 3.86. The first-order valence-corrected chi connectivity index (χ1v) is 5.45. The van der Waals surface area contributed by atoms with Gasteiger partial charge in [-0.1, -0.05) is 0 Å². The Labute approximate surface area is 99.3 Å². The van der Waals surface area contributed by atoms with Crippen molar-refractivity contribution in [2.75, 3.05) is 19.0 Å². The van der Waals surface area contributed by atoms with Gasteiger partial charge in [-0.15, -0.1) is 0 Å². The number of aromatic carboxylic acids is 1. The van der Waals surface area contributed by atoms with Crippen molar-refractivity contribution in [3.05, 3.63) is 23.9 Å². The van der Waals surface area contributed by atoms with E-state index in [0.717, 1.165) is 17.6 Å². The molecule has 1 aromatic carbocycles. The Kier molecular flexibility index (Phi) is 2.75. The Bertz CT molecular complexity index is 572. The summed E-state index contributed by atoms with van der Waals surface area (Å²) in [5.74, 6) is -0.943. The summed E-state index contributed by atoms with van der Waals surface area (Å²) < 4.78 is 1.75. The van der Waals surface area contributed by atoms with Gasteiger partial charge in [0.2, 0.25) is 0 Å². The lowest BCUT2D eigenvalue weighted by Crippen LogP contribution is -2.09. The Morgan fingerprint density at radius 2 is 2.18 bits per heavy atom. The minimum atomic E-state index is -0.943. The van der Waals surface area contributed by atoms with E-state index in [1.165, 1.54) is 0 Å². The normalized spacial score (nSPS) is 10.8. The molecule has 0 aliphatic carbocycles. The Morgan fingerprint density at radius 3 is 2.71 bits per heavy atom. The molecule has 1 aromatic heterocycles. The third-order valence-corrected chi connectivity index (χ3v) is 2.74. The molecule has 90 valence electrons. The van der Waals surface area contributed by atoms with Gasteiger partial charge in [0.05, 0.1) is 5.56 Å². The minimum Gasteiger partial charge on any atom is -0.478 e. The highest BCUT2D eigenvalue weighted by atomic mass is 16.4. The van der Waals surface area contributed by atoms with Crippen molar-refractivity contribution in [3.8, 4) is 0 Å². The van der Waals surface area contributed by atoms with Crippen LogP contribution in [-0.2, 0) is 6.54 Å². The second-order valence-electron chi connectivity index (χ2n) is 4.08. The molecule has 2 rings (SSSR count). The molecule has 17 heavy (non-hydrogen) atoms. The van der Waals surface area contributed by atoms with E-state index in [1.54, 1.807) is 10.7 Å². The van der Waals surface area contributed by atoms with Crippen LogP contribution in [0.5, 0.6) is 0 Å². The monoisotopic (exact) mass is 233 g/mol. The van der Waals surface area contributed by atoms with Crippen LogP contribution in [0.15, 0.2) is 18.3 Å². The fourth-order valence-corrected chi connectivity index (χ4v) is 1.86. The second kappa shape index (κ2) is 4.08. The molecule has 1 N–H and O–H groups in total. The van der Waals surface area contributed by atoms with Crippen LogP contribution in [0.3, 0.4) is 0 Å². The van der Waals surface area contributed by atoms with Crippen molar-refractivity contribution in [2.24, 2.45) is 0 Å². The summed E-state index contributed by atoms with van der Waals surface area (Å²) in [6.07, 6.45) is 1.89. The maximum Gasteiger partial charge on any atom is 0.337 e. The van der Waals surface area contributed by atoms with Crippen molar-refractivity contribution in [2.45, 2.75) is 13.5 Å². The number of carboxylic acid groups (broad SMARTS) is 1. The average Bonchev–Trinajstić information content (AvgIpc) is 2.70. The Balaban J connectivity index is 2.78. The van der Waals surface area contributed by atoms with Gasteiger partial charge in [0.25, 0.3) is 0 Å². The lowest BCUT2D eigenvalue weighted by atomic mass is 10.1. The van der Waals surface area contributed by atoms with E-state index in [1.807, 2.05) is 38.2 Å². The van der Waals surface area contributed by atoms with Crippen molar-refractivity contribution < 1.29 is 9.90 Å². The van der Waals surface area contributed by atoms with Gasteiger partial charge in [-0.05, 0) is 19.1 Å². The van der Waals surface area contributed by atoms with Gasteiger partial charge in [-0.25, -0.2) is 4.79 Å². The number of carbonyl (C=O) groups is 1. The van der Waals surface area contributed by atoms with E-state index >= 15 is 0 Å². The zero-order chi connectivity index (χ0) is 12.6. The third-order valence-electron chi connectivity index (χ3n) is 2.74. The second-order valence-corrected chi connectivity index (χ2v) is 4.08. The summed E-state index contributed by atoms with van der Waals surface area (Å²) in [4.78, 5) is 13.1.